The van der Waals surface area contributed by atoms with E-state index in [1.165, 1.54) is 5.56 Å². The van der Waals surface area contributed by atoms with Gasteiger partial charge in [-0.05, 0) is 39.3 Å². The minimum absolute atomic E-state index is 0.0463. The van der Waals surface area contributed by atoms with E-state index in [1.54, 1.807) is 0 Å². The molecule has 2 atom stereocenters. The smallest absolute Gasteiger partial charge is 0.263 e. The van der Waals surface area contributed by atoms with E-state index < -0.39 is 6.10 Å². The fraction of sp³-hybridized carbons (Fsp3) is 0.588. The van der Waals surface area contributed by atoms with Crippen molar-refractivity contribution in [2.75, 3.05) is 26.3 Å². The summed E-state index contributed by atoms with van der Waals surface area (Å²) in [6.45, 7) is 8.89. The number of aryl methyl sites for hydroxylation is 1. The summed E-state index contributed by atoms with van der Waals surface area (Å²) in [5, 5.41) is 0. The molecule has 0 unspecified atom stereocenters. The normalized spacial score (nSPS) is 19.3. The maximum absolute atomic E-state index is 12.5. The van der Waals surface area contributed by atoms with Crippen molar-refractivity contribution in [2.45, 2.75) is 33.3 Å². The number of carbonyl (C=O) groups is 1. The second-order valence-corrected chi connectivity index (χ2v) is 5.68. The molecule has 1 amide bonds. The lowest BCUT2D eigenvalue weighted by atomic mass is 10.1. The first-order valence-electron chi connectivity index (χ1n) is 7.70. The molecule has 1 aliphatic rings. The first-order chi connectivity index (χ1) is 10.1. The molecule has 0 N–H and O–H groups in total. The lowest BCUT2D eigenvalue weighted by molar-refractivity contribution is -0.138. The highest BCUT2D eigenvalue weighted by molar-refractivity contribution is 5.80. The summed E-state index contributed by atoms with van der Waals surface area (Å²) in [5.41, 5.74) is 1.18. The average molecular weight is 291 g/mol. The minimum atomic E-state index is -0.463. The van der Waals surface area contributed by atoms with Crippen LogP contribution in [0.1, 0.15) is 25.8 Å². The number of amides is 1. The SMILES string of the molecule is CCN(C[C@H]1CCOC1)C(=O)[C@H](C)Oc1ccc(C)cc1. The first-order valence-corrected chi connectivity index (χ1v) is 7.70. The maximum atomic E-state index is 12.5. The molecule has 1 aromatic rings. The second kappa shape index (κ2) is 7.46. The highest BCUT2D eigenvalue weighted by Crippen LogP contribution is 2.17. The molecule has 1 saturated heterocycles. The third-order valence-corrected chi connectivity index (χ3v) is 3.88. The molecule has 21 heavy (non-hydrogen) atoms. The quantitative estimate of drug-likeness (QED) is 0.809. The van der Waals surface area contributed by atoms with Gasteiger partial charge in [-0.1, -0.05) is 17.7 Å². The van der Waals surface area contributed by atoms with E-state index in [2.05, 4.69) is 0 Å². The Labute approximate surface area is 127 Å². The van der Waals surface area contributed by atoms with Gasteiger partial charge in [-0.2, -0.15) is 0 Å². The molecule has 1 aromatic carbocycles. The number of hydrogen-bond acceptors (Lipinski definition) is 3. The van der Waals surface area contributed by atoms with Crippen molar-refractivity contribution in [3.8, 4) is 5.75 Å². The number of benzene rings is 1. The molecule has 1 aliphatic heterocycles. The lowest BCUT2D eigenvalue weighted by Gasteiger charge is -2.27. The van der Waals surface area contributed by atoms with Crippen molar-refractivity contribution in [1.29, 1.82) is 0 Å². The fourth-order valence-corrected chi connectivity index (χ4v) is 2.54. The average Bonchev–Trinajstić information content (AvgIpc) is 2.99. The Morgan fingerprint density at radius 1 is 1.43 bits per heavy atom. The molecule has 2 rings (SSSR count). The van der Waals surface area contributed by atoms with Crippen LogP contribution in [-0.2, 0) is 9.53 Å². The Bertz CT molecular complexity index is 452. The number of nitrogens with zero attached hydrogens (tertiary/aromatic N) is 1. The van der Waals surface area contributed by atoms with E-state index in [0.29, 0.717) is 12.5 Å². The van der Waals surface area contributed by atoms with E-state index in [4.69, 9.17) is 9.47 Å². The van der Waals surface area contributed by atoms with Crippen LogP contribution in [0.2, 0.25) is 0 Å². The van der Waals surface area contributed by atoms with Crippen LogP contribution < -0.4 is 4.74 Å². The predicted molar refractivity (Wildman–Crippen MR) is 82.4 cm³/mol. The zero-order valence-corrected chi connectivity index (χ0v) is 13.2. The van der Waals surface area contributed by atoms with Gasteiger partial charge in [0.05, 0.1) is 6.61 Å². The van der Waals surface area contributed by atoms with Gasteiger partial charge in [0.15, 0.2) is 6.10 Å². The van der Waals surface area contributed by atoms with E-state index >= 15 is 0 Å². The molecule has 1 fully saturated rings. The molecule has 0 saturated carbocycles. The van der Waals surface area contributed by atoms with Crippen LogP contribution in [0.5, 0.6) is 5.75 Å². The maximum Gasteiger partial charge on any atom is 0.263 e. The third kappa shape index (κ3) is 4.46. The van der Waals surface area contributed by atoms with Gasteiger partial charge >= 0.3 is 0 Å². The van der Waals surface area contributed by atoms with Crippen LogP contribution in [-0.4, -0.2) is 43.2 Å². The molecule has 4 heteroatoms. The van der Waals surface area contributed by atoms with Gasteiger partial charge in [-0.3, -0.25) is 4.79 Å². The highest BCUT2D eigenvalue weighted by Gasteiger charge is 2.25. The van der Waals surface area contributed by atoms with Crippen molar-refractivity contribution in [2.24, 2.45) is 5.92 Å². The van der Waals surface area contributed by atoms with Gasteiger partial charge in [-0.15, -0.1) is 0 Å². The minimum Gasteiger partial charge on any atom is -0.481 e. The Kier molecular flexibility index (Phi) is 5.62. The number of ether oxygens (including phenoxy) is 2. The van der Waals surface area contributed by atoms with Gasteiger partial charge < -0.3 is 14.4 Å². The summed E-state index contributed by atoms with van der Waals surface area (Å²) in [5.74, 6) is 1.24. The lowest BCUT2D eigenvalue weighted by Crippen LogP contribution is -2.42. The van der Waals surface area contributed by atoms with Crippen molar-refractivity contribution >= 4 is 5.91 Å². The largest absolute Gasteiger partial charge is 0.481 e. The summed E-state index contributed by atoms with van der Waals surface area (Å²) < 4.78 is 11.1. The molecular formula is C17H25NO3. The van der Waals surface area contributed by atoms with Crippen LogP contribution >= 0.6 is 0 Å². The zero-order valence-electron chi connectivity index (χ0n) is 13.2. The topological polar surface area (TPSA) is 38.8 Å². The Balaban J connectivity index is 1.91. The Hall–Kier alpha value is -1.55. The number of hydrogen-bond donors (Lipinski definition) is 0. The molecule has 0 bridgehead atoms. The molecule has 0 radical (unpaired) electrons. The first kappa shape index (κ1) is 15.8. The Morgan fingerprint density at radius 2 is 2.14 bits per heavy atom. The third-order valence-electron chi connectivity index (χ3n) is 3.88. The molecular weight excluding hydrogens is 266 g/mol. The highest BCUT2D eigenvalue weighted by atomic mass is 16.5. The van der Waals surface area contributed by atoms with Crippen molar-refractivity contribution < 1.29 is 14.3 Å². The van der Waals surface area contributed by atoms with Crippen LogP contribution in [0.25, 0.3) is 0 Å². The summed E-state index contributed by atoms with van der Waals surface area (Å²) in [7, 11) is 0. The van der Waals surface area contributed by atoms with Crippen LogP contribution in [0.4, 0.5) is 0 Å². The van der Waals surface area contributed by atoms with Gasteiger partial charge in [0.1, 0.15) is 5.75 Å². The molecule has 1 heterocycles. The predicted octanol–water partition coefficient (Wildman–Crippen LogP) is 2.65. The van der Waals surface area contributed by atoms with E-state index in [9.17, 15) is 4.79 Å². The summed E-state index contributed by atoms with van der Waals surface area (Å²) in [6, 6.07) is 7.78. The number of carbonyl (C=O) groups excluding carboxylic acids is 1. The monoisotopic (exact) mass is 291 g/mol. The number of rotatable bonds is 6. The summed E-state index contributed by atoms with van der Waals surface area (Å²) >= 11 is 0. The van der Waals surface area contributed by atoms with Gasteiger partial charge in [0.25, 0.3) is 5.91 Å². The summed E-state index contributed by atoms with van der Waals surface area (Å²) in [6.07, 6.45) is 0.576. The van der Waals surface area contributed by atoms with Crippen molar-refractivity contribution in [1.82, 2.24) is 4.90 Å². The van der Waals surface area contributed by atoms with Crippen molar-refractivity contribution in [3.05, 3.63) is 29.8 Å². The van der Waals surface area contributed by atoms with E-state index in [1.807, 2.05) is 49.9 Å². The fourth-order valence-electron chi connectivity index (χ4n) is 2.54. The zero-order chi connectivity index (χ0) is 15.2. The van der Waals surface area contributed by atoms with E-state index in [-0.39, 0.29) is 5.91 Å². The molecule has 116 valence electrons. The standard InChI is InChI=1S/C17H25NO3/c1-4-18(11-15-9-10-20-12-15)17(19)14(3)21-16-7-5-13(2)6-8-16/h5-8,14-15H,4,9-12H2,1-3H3/t14-,15+/m0/s1. The summed E-state index contributed by atoms with van der Waals surface area (Å²) in [4.78, 5) is 14.4. The van der Waals surface area contributed by atoms with Crippen LogP contribution in [0, 0.1) is 12.8 Å². The van der Waals surface area contributed by atoms with Gasteiger partial charge in [0.2, 0.25) is 0 Å². The molecule has 0 spiro atoms. The van der Waals surface area contributed by atoms with Crippen molar-refractivity contribution in [3.63, 3.8) is 0 Å². The molecule has 0 aliphatic carbocycles. The van der Waals surface area contributed by atoms with Gasteiger partial charge in [0, 0.05) is 25.6 Å². The number of likely N-dealkylation sites (N-methyl/N-ethyl adjacent to an activating group) is 1. The molecule has 4 nitrogen and oxygen atoms in total. The van der Waals surface area contributed by atoms with Crippen LogP contribution in [0.3, 0.4) is 0 Å². The van der Waals surface area contributed by atoms with Gasteiger partial charge in [-0.25, -0.2) is 0 Å². The van der Waals surface area contributed by atoms with E-state index in [0.717, 1.165) is 31.9 Å². The van der Waals surface area contributed by atoms with Crippen LogP contribution in [0.15, 0.2) is 24.3 Å². The molecule has 0 aromatic heterocycles. The Morgan fingerprint density at radius 3 is 2.71 bits per heavy atom. The second-order valence-electron chi connectivity index (χ2n) is 5.68.